The highest BCUT2D eigenvalue weighted by Crippen LogP contribution is 2.47. The Hall–Kier alpha value is -2.16. The maximum Gasteiger partial charge on any atom is 0.419 e. The first-order valence-corrected chi connectivity index (χ1v) is 10.0. The van der Waals surface area contributed by atoms with E-state index in [1.807, 2.05) is 13.8 Å². The highest BCUT2D eigenvalue weighted by Gasteiger charge is 2.46. The summed E-state index contributed by atoms with van der Waals surface area (Å²) < 4.78 is 52.7. The molecule has 2 aliphatic rings. The van der Waals surface area contributed by atoms with Crippen LogP contribution in [-0.2, 0) is 17.5 Å². The van der Waals surface area contributed by atoms with E-state index < -0.39 is 17.3 Å². The number of nitrogens with zero attached hydrogens (tertiary/aromatic N) is 1. The van der Waals surface area contributed by atoms with Gasteiger partial charge in [-0.15, -0.1) is 0 Å². The van der Waals surface area contributed by atoms with Crippen LogP contribution in [0.5, 0.6) is 5.75 Å². The maximum absolute atomic E-state index is 13.8. The highest BCUT2D eigenvalue weighted by molar-refractivity contribution is 5.71. The number of pyridine rings is 1. The Kier molecular flexibility index (Phi) is 5.28. The molecule has 0 saturated carbocycles. The van der Waals surface area contributed by atoms with Crippen LogP contribution in [0.25, 0.3) is 11.1 Å². The fourth-order valence-electron chi connectivity index (χ4n) is 4.19. The zero-order valence-corrected chi connectivity index (χ0v) is 17.2. The van der Waals surface area contributed by atoms with Crippen LogP contribution in [0.2, 0.25) is 0 Å². The van der Waals surface area contributed by atoms with Crippen molar-refractivity contribution in [3.63, 3.8) is 0 Å². The largest absolute Gasteiger partial charge is 0.491 e. The van der Waals surface area contributed by atoms with Gasteiger partial charge in [0.1, 0.15) is 24.7 Å². The molecule has 2 aromatic rings. The third-order valence-corrected chi connectivity index (χ3v) is 5.35. The Morgan fingerprint density at radius 1 is 1.30 bits per heavy atom. The van der Waals surface area contributed by atoms with Crippen molar-refractivity contribution in [1.29, 1.82) is 0 Å². The van der Waals surface area contributed by atoms with Crippen LogP contribution < -0.4 is 15.8 Å². The van der Waals surface area contributed by atoms with E-state index >= 15 is 0 Å². The lowest BCUT2D eigenvalue weighted by Gasteiger charge is -2.27. The van der Waals surface area contributed by atoms with Gasteiger partial charge in [-0.3, -0.25) is 10.3 Å². The molecule has 3 N–H and O–H groups in total. The van der Waals surface area contributed by atoms with Crippen molar-refractivity contribution in [2.45, 2.75) is 57.8 Å². The normalized spacial score (nSPS) is 22.3. The Balaban J connectivity index is 1.67. The molecule has 3 atom stereocenters. The summed E-state index contributed by atoms with van der Waals surface area (Å²) >= 11 is 0. The molecule has 0 spiro atoms. The van der Waals surface area contributed by atoms with Crippen LogP contribution >= 0.6 is 0 Å². The maximum atomic E-state index is 13.8. The number of rotatable bonds is 6. The molecule has 1 fully saturated rings. The molecular weight excluding hydrogens is 395 g/mol. The van der Waals surface area contributed by atoms with Gasteiger partial charge in [-0.25, -0.2) is 0 Å². The topological polar surface area (TPSA) is 72.7 Å². The van der Waals surface area contributed by atoms with Crippen molar-refractivity contribution in [2.24, 2.45) is 11.7 Å². The van der Waals surface area contributed by atoms with Gasteiger partial charge in [0.25, 0.3) is 0 Å². The smallest absolute Gasteiger partial charge is 0.419 e. The molecule has 162 valence electrons. The molecule has 0 bridgehead atoms. The standard InChI is InChI=1S/C22H26F3N3O2/c1-12(2)9-21(3,26)11-29-17-5-4-13(8-15(17)22(23,24)25)14-6-7-27-16-10-28-20-19(30-20)18(14)16/h4-8,12,19-20,28H,9-11,26H2,1-3H3/t19?,20?,21-/m0/s1. The van der Waals surface area contributed by atoms with Crippen molar-refractivity contribution in [2.75, 3.05) is 6.61 Å². The van der Waals surface area contributed by atoms with Gasteiger partial charge in [0, 0.05) is 23.8 Å². The first-order chi connectivity index (χ1) is 14.0. The molecule has 30 heavy (non-hydrogen) atoms. The number of aromatic nitrogens is 1. The van der Waals surface area contributed by atoms with Crippen LogP contribution in [0, 0.1) is 5.92 Å². The number of hydrogen-bond donors (Lipinski definition) is 2. The molecule has 4 rings (SSSR count). The summed E-state index contributed by atoms with van der Waals surface area (Å²) in [6, 6.07) is 5.90. The van der Waals surface area contributed by atoms with E-state index in [0.717, 1.165) is 17.3 Å². The number of nitrogens with two attached hydrogens (primary N) is 1. The molecule has 1 aromatic carbocycles. The number of benzene rings is 1. The summed E-state index contributed by atoms with van der Waals surface area (Å²) in [5.41, 5.74) is 7.50. The van der Waals surface area contributed by atoms with Crippen molar-refractivity contribution >= 4 is 0 Å². The van der Waals surface area contributed by atoms with Gasteiger partial charge in [-0.2, -0.15) is 13.2 Å². The number of epoxide rings is 1. The predicted molar refractivity (Wildman–Crippen MR) is 107 cm³/mol. The molecule has 2 aliphatic heterocycles. The van der Waals surface area contributed by atoms with E-state index in [2.05, 4.69) is 10.3 Å². The minimum atomic E-state index is -4.55. The number of halogens is 3. The van der Waals surface area contributed by atoms with Crippen molar-refractivity contribution in [1.82, 2.24) is 10.3 Å². The average molecular weight is 421 g/mol. The number of hydrogen-bond acceptors (Lipinski definition) is 5. The summed E-state index contributed by atoms with van der Waals surface area (Å²) in [7, 11) is 0. The van der Waals surface area contributed by atoms with Crippen LogP contribution in [0.3, 0.4) is 0 Å². The van der Waals surface area contributed by atoms with Crippen LogP contribution in [0.4, 0.5) is 13.2 Å². The molecule has 2 unspecified atom stereocenters. The fourth-order valence-corrected chi connectivity index (χ4v) is 4.19. The second-order valence-corrected chi connectivity index (χ2v) is 8.83. The molecule has 1 saturated heterocycles. The number of fused-ring (bicyclic) bond motifs is 3. The van der Waals surface area contributed by atoms with Crippen LogP contribution in [-0.4, -0.2) is 23.4 Å². The molecule has 8 heteroatoms. The third-order valence-electron chi connectivity index (χ3n) is 5.35. The number of nitrogens with one attached hydrogen (secondary N) is 1. The van der Waals surface area contributed by atoms with E-state index in [1.165, 1.54) is 6.07 Å². The van der Waals surface area contributed by atoms with Gasteiger partial charge in [0.2, 0.25) is 0 Å². The molecule has 3 heterocycles. The first kappa shape index (κ1) is 21.1. The zero-order valence-electron chi connectivity index (χ0n) is 17.2. The monoisotopic (exact) mass is 421 g/mol. The molecule has 1 aromatic heterocycles. The summed E-state index contributed by atoms with van der Waals surface area (Å²) in [4.78, 5) is 4.35. The lowest BCUT2D eigenvalue weighted by atomic mass is 9.92. The number of alkyl halides is 3. The minimum absolute atomic E-state index is 0.00151. The summed E-state index contributed by atoms with van der Waals surface area (Å²) in [6.45, 7) is 6.35. The summed E-state index contributed by atoms with van der Waals surface area (Å²) in [5, 5.41) is 3.18. The van der Waals surface area contributed by atoms with Crippen LogP contribution in [0.15, 0.2) is 30.5 Å². The van der Waals surface area contributed by atoms with Gasteiger partial charge in [0.05, 0.1) is 11.3 Å². The number of ether oxygens (including phenoxy) is 2. The van der Waals surface area contributed by atoms with E-state index in [4.69, 9.17) is 15.2 Å². The molecular formula is C22H26F3N3O2. The van der Waals surface area contributed by atoms with E-state index in [-0.39, 0.29) is 24.7 Å². The summed E-state index contributed by atoms with van der Waals surface area (Å²) in [5.74, 6) is 0.103. The van der Waals surface area contributed by atoms with Crippen molar-refractivity contribution in [3.05, 3.63) is 47.3 Å². The van der Waals surface area contributed by atoms with Gasteiger partial charge < -0.3 is 15.2 Å². The van der Waals surface area contributed by atoms with Gasteiger partial charge in [-0.1, -0.05) is 19.9 Å². The van der Waals surface area contributed by atoms with Gasteiger partial charge >= 0.3 is 6.18 Å². The van der Waals surface area contributed by atoms with Crippen LogP contribution in [0.1, 0.15) is 50.1 Å². The lowest BCUT2D eigenvalue weighted by Crippen LogP contribution is -2.43. The second-order valence-electron chi connectivity index (χ2n) is 8.83. The molecule has 0 amide bonds. The molecule has 5 nitrogen and oxygen atoms in total. The zero-order chi connectivity index (χ0) is 21.7. The first-order valence-electron chi connectivity index (χ1n) is 10.0. The van der Waals surface area contributed by atoms with E-state index in [9.17, 15) is 13.2 Å². The summed E-state index contributed by atoms with van der Waals surface area (Å²) in [6.07, 6.45) is -2.56. The van der Waals surface area contributed by atoms with Gasteiger partial charge in [-0.05, 0) is 48.6 Å². The quantitative estimate of drug-likeness (QED) is 0.676. The van der Waals surface area contributed by atoms with E-state index in [0.29, 0.717) is 30.0 Å². The highest BCUT2D eigenvalue weighted by atomic mass is 19.4. The minimum Gasteiger partial charge on any atom is -0.491 e. The second kappa shape index (κ2) is 7.51. The Morgan fingerprint density at radius 3 is 2.77 bits per heavy atom. The third kappa shape index (κ3) is 4.31. The molecule has 0 aliphatic carbocycles. The average Bonchev–Trinajstić information content (AvgIpc) is 3.44. The van der Waals surface area contributed by atoms with Crippen molar-refractivity contribution in [3.8, 4) is 16.9 Å². The SMILES string of the molecule is CC(C)C[C@](C)(N)COc1ccc(-c2ccnc3c2C2OC2NC3)cc1C(F)(F)F. The Bertz CT molecular complexity index is 944. The lowest BCUT2D eigenvalue weighted by molar-refractivity contribution is -0.139. The fraction of sp³-hybridized carbons (Fsp3) is 0.500. The van der Waals surface area contributed by atoms with Crippen molar-refractivity contribution < 1.29 is 22.6 Å². The van der Waals surface area contributed by atoms with E-state index in [1.54, 1.807) is 25.3 Å². The molecule has 0 radical (unpaired) electrons. The van der Waals surface area contributed by atoms with Gasteiger partial charge in [0.15, 0.2) is 0 Å². The Labute approximate surface area is 173 Å². The Morgan fingerprint density at radius 2 is 2.07 bits per heavy atom. The predicted octanol–water partition coefficient (Wildman–Crippen LogP) is 4.41.